The molecule has 1 N–H and O–H groups in total. The number of rotatable bonds is 1. The highest BCUT2D eigenvalue weighted by Gasteiger charge is 2.24. The Kier molecular flexibility index (Phi) is 3.15. The Hall–Kier alpha value is -1.61. The fourth-order valence-corrected chi connectivity index (χ4v) is 2.98. The molecule has 0 aliphatic carbocycles. The number of phenolic OH excluding ortho intramolecular Hbond substituents is 1. The van der Waals surface area contributed by atoms with Crippen LogP contribution in [0.15, 0.2) is 30.5 Å². The lowest BCUT2D eigenvalue weighted by Gasteiger charge is -2.35. The molecule has 0 saturated carbocycles. The zero-order chi connectivity index (χ0) is 13.4. The monoisotopic (exact) mass is 256 g/mol. The number of hydrogen-bond acceptors (Lipinski definition) is 3. The number of fused-ring (bicyclic) bond motifs is 1. The van der Waals surface area contributed by atoms with Crippen molar-refractivity contribution in [3.05, 3.63) is 36.0 Å². The van der Waals surface area contributed by atoms with Crippen LogP contribution in [0, 0.1) is 0 Å². The minimum atomic E-state index is 0.265. The molecule has 2 atom stereocenters. The van der Waals surface area contributed by atoms with E-state index in [1.54, 1.807) is 6.07 Å². The molecule has 1 saturated heterocycles. The number of likely N-dealkylation sites (tertiary alicyclic amines) is 1. The summed E-state index contributed by atoms with van der Waals surface area (Å²) < 4.78 is 0. The minimum Gasteiger partial charge on any atom is -0.506 e. The summed E-state index contributed by atoms with van der Waals surface area (Å²) in [7, 11) is 2.19. The average Bonchev–Trinajstić information content (AvgIpc) is 2.42. The van der Waals surface area contributed by atoms with Gasteiger partial charge in [0.2, 0.25) is 0 Å². The first-order chi connectivity index (χ1) is 9.15. The lowest BCUT2D eigenvalue weighted by Crippen LogP contribution is -2.36. The zero-order valence-corrected chi connectivity index (χ0v) is 11.5. The highest BCUT2D eigenvalue weighted by atomic mass is 16.3. The van der Waals surface area contributed by atoms with E-state index in [2.05, 4.69) is 29.9 Å². The first-order valence-electron chi connectivity index (χ1n) is 6.93. The highest BCUT2D eigenvalue weighted by molar-refractivity contribution is 5.84. The van der Waals surface area contributed by atoms with Crippen LogP contribution in [0.3, 0.4) is 0 Å². The Bertz CT molecular complexity index is 596. The summed E-state index contributed by atoms with van der Waals surface area (Å²) in [5, 5.41) is 10.8. The number of pyridine rings is 1. The van der Waals surface area contributed by atoms with Crippen LogP contribution in [-0.2, 0) is 0 Å². The van der Waals surface area contributed by atoms with Crippen LogP contribution in [0.4, 0.5) is 0 Å². The van der Waals surface area contributed by atoms with Crippen molar-refractivity contribution in [1.29, 1.82) is 0 Å². The fraction of sp³-hybridized carbons (Fsp3) is 0.438. The summed E-state index contributed by atoms with van der Waals surface area (Å²) >= 11 is 0. The molecule has 1 aromatic heterocycles. The molecule has 3 heteroatoms. The van der Waals surface area contributed by atoms with Crippen molar-refractivity contribution in [2.45, 2.75) is 31.7 Å². The molecule has 1 aromatic carbocycles. The molecule has 1 aliphatic heterocycles. The van der Waals surface area contributed by atoms with Crippen LogP contribution < -0.4 is 0 Å². The van der Waals surface area contributed by atoms with Gasteiger partial charge in [-0.3, -0.25) is 4.98 Å². The van der Waals surface area contributed by atoms with E-state index in [4.69, 9.17) is 0 Å². The molecule has 100 valence electrons. The van der Waals surface area contributed by atoms with Gasteiger partial charge in [0.1, 0.15) is 11.3 Å². The third kappa shape index (κ3) is 2.30. The second-order valence-corrected chi connectivity index (χ2v) is 5.67. The molecule has 0 radical (unpaired) electrons. The van der Waals surface area contributed by atoms with E-state index >= 15 is 0 Å². The third-order valence-corrected chi connectivity index (χ3v) is 4.39. The number of aromatic nitrogens is 1. The van der Waals surface area contributed by atoms with Gasteiger partial charge in [0.15, 0.2) is 0 Å². The maximum Gasteiger partial charge on any atom is 0.141 e. The summed E-state index contributed by atoms with van der Waals surface area (Å²) in [4.78, 5) is 6.85. The molecular formula is C16H20N2O. The Morgan fingerprint density at radius 1 is 1.37 bits per heavy atom. The summed E-state index contributed by atoms with van der Waals surface area (Å²) in [6.45, 7) is 3.43. The SMILES string of the molecule is C[C@@H]1C[C@H](c2cnc3c(O)cccc3c2)CCN1C. The fourth-order valence-electron chi connectivity index (χ4n) is 2.98. The van der Waals surface area contributed by atoms with Gasteiger partial charge in [0.25, 0.3) is 0 Å². The lowest BCUT2D eigenvalue weighted by molar-refractivity contribution is 0.182. The van der Waals surface area contributed by atoms with Gasteiger partial charge in [-0.1, -0.05) is 12.1 Å². The van der Waals surface area contributed by atoms with Crippen molar-refractivity contribution in [1.82, 2.24) is 9.88 Å². The molecule has 1 aliphatic rings. The molecule has 3 rings (SSSR count). The summed E-state index contributed by atoms with van der Waals surface area (Å²) in [6, 6.07) is 8.39. The number of nitrogens with zero attached hydrogens (tertiary/aromatic N) is 2. The van der Waals surface area contributed by atoms with Crippen LogP contribution in [0.1, 0.15) is 31.2 Å². The number of piperidine rings is 1. The van der Waals surface area contributed by atoms with Gasteiger partial charge in [-0.2, -0.15) is 0 Å². The normalized spacial score (nSPS) is 24.7. The summed E-state index contributed by atoms with van der Waals surface area (Å²) in [6.07, 6.45) is 4.31. The Morgan fingerprint density at radius 3 is 3.00 bits per heavy atom. The number of phenols is 1. The van der Waals surface area contributed by atoms with Gasteiger partial charge in [-0.25, -0.2) is 0 Å². The van der Waals surface area contributed by atoms with Crippen LogP contribution in [0.5, 0.6) is 5.75 Å². The van der Waals surface area contributed by atoms with E-state index in [-0.39, 0.29) is 5.75 Å². The Labute approximate surface area is 113 Å². The van der Waals surface area contributed by atoms with Gasteiger partial charge < -0.3 is 10.0 Å². The van der Waals surface area contributed by atoms with E-state index in [1.165, 1.54) is 18.4 Å². The maximum atomic E-state index is 9.78. The van der Waals surface area contributed by atoms with E-state index in [1.807, 2.05) is 18.3 Å². The van der Waals surface area contributed by atoms with Crippen molar-refractivity contribution < 1.29 is 5.11 Å². The van der Waals surface area contributed by atoms with Gasteiger partial charge in [-0.05, 0) is 57.0 Å². The molecule has 0 unspecified atom stereocenters. The molecule has 19 heavy (non-hydrogen) atoms. The van der Waals surface area contributed by atoms with E-state index in [0.717, 1.165) is 11.9 Å². The quantitative estimate of drug-likeness (QED) is 0.851. The second kappa shape index (κ2) is 4.82. The van der Waals surface area contributed by atoms with Gasteiger partial charge >= 0.3 is 0 Å². The van der Waals surface area contributed by atoms with Crippen molar-refractivity contribution in [3.8, 4) is 5.75 Å². The minimum absolute atomic E-state index is 0.265. The molecule has 2 heterocycles. The van der Waals surface area contributed by atoms with Gasteiger partial charge in [0, 0.05) is 17.6 Å². The first-order valence-corrected chi connectivity index (χ1v) is 6.93. The van der Waals surface area contributed by atoms with Crippen LogP contribution in [-0.4, -0.2) is 34.6 Å². The lowest BCUT2D eigenvalue weighted by atomic mass is 9.86. The molecule has 1 fully saturated rings. The number of hydrogen-bond donors (Lipinski definition) is 1. The van der Waals surface area contributed by atoms with Gasteiger partial charge in [-0.15, -0.1) is 0 Å². The number of para-hydroxylation sites is 1. The zero-order valence-electron chi connectivity index (χ0n) is 11.5. The maximum absolute atomic E-state index is 9.78. The van der Waals surface area contributed by atoms with Crippen molar-refractivity contribution in [3.63, 3.8) is 0 Å². The summed E-state index contributed by atoms with van der Waals surface area (Å²) in [5.74, 6) is 0.853. The van der Waals surface area contributed by atoms with Crippen molar-refractivity contribution in [2.75, 3.05) is 13.6 Å². The third-order valence-electron chi connectivity index (χ3n) is 4.39. The molecule has 3 nitrogen and oxygen atoms in total. The molecular weight excluding hydrogens is 236 g/mol. The van der Waals surface area contributed by atoms with E-state index in [0.29, 0.717) is 17.5 Å². The van der Waals surface area contributed by atoms with E-state index in [9.17, 15) is 5.11 Å². The number of benzene rings is 1. The highest BCUT2D eigenvalue weighted by Crippen LogP contribution is 2.32. The standard InChI is InChI=1S/C16H20N2O/c1-11-8-12(6-7-18(11)2)14-9-13-4-3-5-15(19)16(13)17-10-14/h3-5,9-12,19H,6-8H2,1-2H3/t11-,12-/m1/s1. The Morgan fingerprint density at radius 2 is 2.21 bits per heavy atom. The predicted octanol–water partition coefficient (Wildman–Crippen LogP) is 3.14. The molecule has 2 aromatic rings. The van der Waals surface area contributed by atoms with Crippen molar-refractivity contribution >= 4 is 10.9 Å². The topological polar surface area (TPSA) is 36.4 Å². The average molecular weight is 256 g/mol. The van der Waals surface area contributed by atoms with Crippen LogP contribution >= 0.6 is 0 Å². The molecule has 0 spiro atoms. The molecule has 0 amide bonds. The number of aromatic hydroxyl groups is 1. The van der Waals surface area contributed by atoms with Gasteiger partial charge in [0.05, 0.1) is 0 Å². The second-order valence-electron chi connectivity index (χ2n) is 5.67. The Balaban J connectivity index is 1.93. The summed E-state index contributed by atoms with van der Waals surface area (Å²) in [5.41, 5.74) is 2.00. The smallest absolute Gasteiger partial charge is 0.141 e. The predicted molar refractivity (Wildman–Crippen MR) is 77.5 cm³/mol. The van der Waals surface area contributed by atoms with E-state index < -0.39 is 0 Å². The van der Waals surface area contributed by atoms with Crippen molar-refractivity contribution in [2.24, 2.45) is 0 Å². The van der Waals surface area contributed by atoms with Crippen LogP contribution in [0.2, 0.25) is 0 Å². The molecule has 0 bridgehead atoms. The van der Waals surface area contributed by atoms with Crippen LogP contribution in [0.25, 0.3) is 10.9 Å². The largest absolute Gasteiger partial charge is 0.506 e. The first kappa shape index (κ1) is 12.4.